The number of nitrogens with one attached hydrogen (secondary N) is 1. The molecule has 1 atom stereocenters. The van der Waals surface area contributed by atoms with E-state index in [1.807, 2.05) is 59.5 Å². The average Bonchev–Trinajstić information content (AvgIpc) is 3.05. The van der Waals surface area contributed by atoms with E-state index in [1.165, 1.54) is 5.56 Å². The van der Waals surface area contributed by atoms with Gasteiger partial charge in [0.15, 0.2) is 11.5 Å². The highest BCUT2D eigenvalue weighted by Crippen LogP contribution is 2.41. The smallest absolute Gasteiger partial charge is 0.318 e. The molecule has 5 rings (SSSR count). The van der Waals surface area contributed by atoms with Crippen LogP contribution in [0.5, 0.6) is 11.5 Å². The zero-order valence-corrected chi connectivity index (χ0v) is 26.4. The zero-order chi connectivity index (χ0) is 30.9. The first kappa shape index (κ1) is 31.1. The molecule has 44 heavy (non-hydrogen) atoms. The molecule has 6 heteroatoms. The highest BCUT2D eigenvalue weighted by atomic mass is 16.5. The molecule has 1 heterocycles. The van der Waals surface area contributed by atoms with Gasteiger partial charge in [0, 0.05) is 31.7 Å². The molecule has 0 aliphatic carbocycles. The van der Waals surface area contributed by atoms with Crippen LogP contribution in [0.25, 0.3) is 0 Å². The normalized spacial score (nSPS) is 14.5. The Balaban J connectivity index is 1.44. The van der Waals surface area contributed by atoms with Gasteiger partial charge in [-0.3, -0.25) is 4.90 Å². The highest BCUT2D eigenvalue weighted by Gasteiger charge is 2.33. The van der Waals surface area contributed by atoms with Crippen molar-refractivity contribution in [2.24, 2.45) is 0 Å². The van der Waals surface area contributed by atoms with E-state index in [-0.39, 0.29) is 12.1 Å². The van der Waals surface area contributed by atoms with E-state index in [4.69, 9.17) is 9.47 Å². The van der Waals surface area contributed by atoms with Crippen molar-refractivity contribution >= 4 is 6.03 Å². The second-order valence-corrected chi connectivity index (χ2v) is 12.0. The molecule has 0 fully saturated rings. The van der Waals surface area contributed by atoms with E-state index in [0.717, 1.165) is 41.0 Å². The van der Waals surface area contributed by atoms with Crippen molar-refractivity contribution in [3.05, 3.63) is 131 Å². The molecule has 0 radical (unpaired) electrons. The van der Waals surface area contributed by atoms with Crippen LogP contribution in [0.15, 0.2) is 103 Å². The van der Waals surface area contributed by atoms with Gasteiger partial charge in [-0.2, -0.15) is 0 Å². The van der Waals surface area contributed by atoms with Crippen molar-refractivity contribution in [3.63, 3.8) is 0 Å². The Hall–Kier alpha value is -4.29. The summed E-state index contributed by atoms with van der Waals surface area (Å²) in [5, 5.41) is 3.22. The number of fused-ring (bicyclic) bond motifs is 1. The number of ether oxygens (including phenoxy) is 2. The second-order valence-electron chi connectivity index (χ2n) is 12.0. The van der Waals surface area contributed by atoms with Gasteiger partial charge < -0.3 is 19.7 Å². The molecule has 0 bridgehead atoms. The largest absolute Gasteiger partial charge is 0.485 e. The van der Waals surface area contributed by atoms with Gasteiger partial charge >= 0.3 is 6.03 Å². The third kappa shape index (κ3) is 7.80. The second kappa shape index (κ2) is 14.9. The van der Waals surface area contributed by atoms with Crippen LogP contribution in [0.2, 0.25) is 0 Å². The fourth-order valence-corrected chi connectivity index (χ4v) is 6.04. The van der Waals surface area contributed by atoms with Gasteiger partial charge in [-0.25, -0.2) is 4.79 Å². The Morgan fingerprint density at radius 3 is 1.86 bits per heavy atom. The molecule has 0 aromatic heterocycles. The van der Waals surface area contributed by atoms with Crippen LogP contribution in [0, 0.1) is 0 Å². The molecule has 0 spiro atoms. The molecule has 230 valence electrons. The monoisotopic (exact) mass is 591 g/mol. The van der Waals surface area contributed by atoms with Crippen molar-refractivity contribution in [2.75, 3.05) is 19.6 Å². The lowest BCUT2D eigenvalue weighted by Crippen LogP contribution is -2.49. The van der Waals surface area contributed by atoms with Gasteiger partial charge in [0.1, 0.15) is 13.2 Å². The molecular formula is C38H45N3O3. The minimum Gasteiger partial charge on any atom is -0.485 e. The van der Waals surface area contributed by atoms with Crippen LogP contribution in [0.3, 0.4) is 0 Å². The fraction of sp³-hybridized carbons (Fsp3) is 0.342. The molecule has 6 nitrogen and oxygen atoms in total. The van der Waals surface area contributed by atoms with Crippen LogP contribution in [-0.4, -0.2) is 47.5 Å². The third-order valence-electron chi connectivity index (χ3n) is 8.26. The molecule has 4 aromatic carbocycles. The van der Waals surface area contributed by atoms with Crippen molar-refractivity contribution in [3.8, 4) is 11.5 Å². The Bertz CT molecular complexity index is 1470. The van der Waals surface area contributed by atoms with Crippen LogP contribution >= 0.6 is 0 Å². The number of hydrogen-bond donors (Lipinski definition) is 1. The lowest BCUT2D eigenvalue weighted by molar-refractivity contribution is 0.162. The van der Waals surface area contributed by atoms with E-state index < -0.39 is 0 Å². The maximum absolute atomic E-state index is 13.8. The number of amides is 2. The number of nitrogens with zero attached hydrogens (tertiary/aromatic N) is 2. The Morgan fingerprint density at radius 1 is 0.795 bits per heavy atom. The summed E-state index contributed by atoms with van der Waals surface area (Å²) in [6.07, 6.45) is 0.733. The van der Waals surface area contributed by atoms with Gasteiger partial charge in [-0.15, -0.1) is 0 Å². The van der Waals surface area contributed by atoms with E-state index in [1.54, 1.807) is 0 Å². The SMILES string of the molecule is CC(C)N(CCNC(=O)N1CCc2cc(OCc3ccccc3)c(OCc3ccccc3)cc2C1c1ccccc1)C(C)C. The molecule has 0 saturated heterocycles. The quantitative estimate of drug-likeness (QED) is 0.184. The number of rotatable bonds is 12. The summed E-state index contributed by atoms with van der Waals surface area (Å²) in [6, 6.07) is 35.4. The molecule has 4 aromatic rings. The zero-order valence-electron chi connectivity index (χ0n) is 26.4. The van der Waals surface area contributed by atoms with Crippen molar-refractivity contribution in [2.45, 2.75) is 65.5 Å². The Labute approximate surface area is 262 Å². The first-order valence-electron chi connectivity index (χ1n) is 15.8. The van der Waals surface area contributed by atoms with Crippen molar-refractivity contribution in [1.29, 1.82) is 0 Å². The Morgan fingerprint density at radius 2 is 1.32 bits per heavy atom. The molecule has 1 unspecified atom stereocenters. The minimum absolute atomic E-state index is 0.0480. The summed E-state index contributed by atoms with van der Waals surface area (Å²) in [7, 11) is 0. The summed E-state index contributed by atoms with van der Waals surface area (Å²) >= 11 is 0. The number of hydrogen-bond acceptors (Lipinski definition) is 4. The van der Waals surface area contributed by atoms with Gasteiger partial charge in [0.2, 0.25) is 0 Å². The van der Waals surface area contributed by atoms with Crippen LogP contribution in [0.4, 0.5) is 4.79 Å². The lowest BCUT2D eigenvalue weighted by Gasteiger charge is -2.38. The highest BCUT2D eigenvalue weighted by molar-refractivity contribution is 5.76. The van der Waals surface area contributed by atoms with Crippen LogP contribution in [-0.2, 0) is 19.6 Å². The summed E-state index contributed by atoms with van der Waals surface area (Å²) in [4.78, 5) is 18.1. The maximum Gasteiger partial charge on any atom is 0.318 e. The lowest BCUT2D eigenvalue weighted by atomic mass is 9.88. The first-order valence-corrected chi connectivity index (χ1v) is 15.8. The van der Waals surface area contributed by atoms with Crippen LogP contribution in [0.1, 0.15) is 61.6 Å². The van der Waals surface area contributed by atoms with Crippen molar-refractivity contribution < 1.29 is 14.3 Å². The fourth-order valence-electron chi connectivity index (χ4n) is 6.04. The topological polar surface area (TPSA) is 54.0 Å². The summed E-state index contributed by atoms with van der Waals surface area (Å²) in [6.45, 7) is 11.7. The molecular weight excluding hydrogens is 546 g/mol. The summed E-state index contributed by atoms with van der Waals surface area (Å²) in [5.41, 5.74) is 5.48. The number of carbonyl (C=O) groups is 1. The number of urea groups is 1. The van der Waals surface area contributed by atoms with E-state index in [9.17, 15) is 4.79 Å². The van der Waals surface area contributed by atoms with Crippen LogP contribution < -0.4 is 14.8 Å². The molecule has 1 N–H and O–H groups in total. The average molecular weight is 592 g/mol. The summed E-state index contributed by atoms with van der Waals surface area (Å²) < 4.78 is 12.8. The van der Waals surface area contributed by atoms with E-state index in [2.05, 4.69) is 86.4 Å². The molecule has 2 amide bonds. The van der Waals surface area contributed by atoms with Crippen molar-refractivity contribution in [1.82, 2.24) is 15.1 Å². The minimum atomic E-state index is -0.242. The van der Waals surface area contributed by atoms with Gasteiger partial charge in [0.05, 0.1) is 6.04 Å². The van der Waals surface area contributed by atoms with Gasteiger partial charge in [0.25, 0.3) is 0 Å². The first-order chi connectivity index (χ1) is 21.4. The predicted molar refractivity (Wildman–Crippen MR) is 177 cm³/mol. The predicted octanol–water partition coefficient (Wildman–Crippen LogP) is 7.62. The van der Waals surface area contributed by atoms with E-state index >= 15 is 0 Å². The standard InChI is InChI=1S/C38H45N3O3/c1-28(2)40(29(3)4)23-21-39-38(42)41-22-20-33-24-35(43-26-30-14-8-5-9-15-30)36(44-27-31-16-10-6-11-17-31)25-34(33)37(41)32-18-12-7-13-19-32/h5-19,24-25,28-29,37H,20-23,26-27H2,1-4H3,(H,39,42). The number of benzene rings is 4. The van der Waals surface area contributed by atoms with Gasteiger partial charge in [-0.1, -0.05) is 91.0 Å². The Kier molecular flexibility index (Phi) is 10.6. The summed E-state index contributed by atoms with van der Waals surface area (Å²) in [5.74, 6) is 1.40. The molecule has 0 saturated carbocycles. The van der Waals surface area contributed by atoms with Gasteiger partial charge in [-0.05, 0) is 74.1 Å². The molecule has 1 aliphatic rings. The molecule has 1 aliphatic heterocycles. The third-order valence-corrected chi connectivity index (χ3v) is 8.26. The van der Waals surface area contributed by atoms with E-state index in [0.29, 0.717) is 44.1 Å². The maximum atomic E-state index is 13.8. The number of carbonyl (C=O) groups excluding carboxylic acids is 1.